The lowest BCUT2D eigenvalue weighted by molar-refractivity contribution is -0.137. The number of aliphatic carboxylic acids is 1. The molecule has 3 nitrogen and oxygen atoms in total. The van der Waals surface area contributed by atoms with Crippen LogP contribution in [0.15, 0.2) is 24.3 Å². The van der Waals surface area contributed by atoms with Crippen molar-refractivity contribution in [2.24, 2.45) is 5.92 Å². The summed E-state index contributed by atoms with van der Waals surface area (Å²) in [5.74, 6) is 0.818. The summed E-state index contributed by atoms with van der Waals surface area (Å²) in [4.78, 5) is 10.6. The van der Waals surface area contributed by atoms with Crippen molar-refractivity contribution in [1.29, 1.82) is 0 Å². The highest BCUT2D eigenvalue weighted by atomic mass is 16.5. The molecule has 1 atom stereocenters. The van der Waals surface area contributed by atoms with Gasteiger partial charge in [-0.05, 0) is 36.0 Å². The summed E-state index contributed by atoms with van der Waals surface area (Å²) in [5.41, 5.74) is 1.18. The molecule has 1 aromatic carbocycles. The molecule has 0 aromatic heterocycles. The Labute approximate surface area is 102 Å². The van der Waals surface area contributed by atoms with Crippen LogP contribution in [0.5, 0.6) is 5.75 Å². The van der Waals surface area contributed by atoms with Crippen LogP contribution in [0.25, 0.3) is 0 Å². The predicted octanol–water partition coefficient (Wildman–Crippen LogP) is 3.30. The molecule has 0 bridgehead atoms. The van der Waals surface area contributed by atoms with Crippen LogP contribution in [0.2, 0.25) is 0 Å². The monoisotopic (exact) mass is 236 g/mol. The zero-order valence-electron chi connectivity index (χ0n) is 10.6. The van der Waals surface area contributed by atoms with Crippen molar-refractivity contribution in [3.63, 3.8) is 0 Å². The van der Waals surface area contributed by atoms with Gasteiger partial charge >= 0.3 is 5.97 Å². The molecule has 1 rings (SSSR count). The van der Waals surface area contributed by atoms with Crippen LogP contribution in [0.4, 0.5) is 0 Å². The Morgan fingerprint density at radius 2 is 1.88 bits per heavy atom. The van der Waals surface area contributed by atoms with Gasteiger partial charge < -0.3 is 9.84 Å². The summed E-state index contributed by atoms with van der Waals surface area (Å²) in [5, 5.41) is 8.75. The van der Waals surface area contributed by atoms with Crippen LogP contribution in [0, 0.1) is 5.92 Å². The minimum absolute atomic E-state index is 0.217. The van der Waals surface area contributed by atoms with Gasteiger partial charge in [0, 0.05) is 6.42 Å². The molecule has 0 aliphatic carbocycles. The molecule has 0 aliphatic rings. The van der Waals surface area contributed by atoms with E-state index in [4.69, 9.17) is 9.84 Å². The first kappa shape index (κ1) is 13.6. The maximum absolute atomic E-state index is 10.6. The Morgan fingerprint density at radius 1 is 1.29 bits per heavy atom. The molecule has 3 heteroatoms. The third-order valence-corrected chi connectivity index (χ3v) is 3.02. The molecule has 0 heterocycles. The van der Waals surface area contributed by atoms with Gasteiger partial charge in [-0.3, -0.25) is 4.79 Å². The lowest BCUT2D eigenvalue weighted by atomic mass is 9.85. The summed E-state index contributed by atoms with van der Waals surface area (Å²) >= 11 is 0. The highest BCUT2D eigenvalue weighted by Gasteiger charge is 2.17. The van der Waals surface area contributed by atoms with E-state index in [-0.39, 0.29) is 12.3 Å². The number of hydrogen-bond acceptors (Lipinski definition) is 2. The van der Waals surface area contributed by atoms with Gasteiger partial charge in [0.1, 0.15) is 5.75 Å². The Balaban J connectivity index is 2.78. The first-order chi connectivity index (χ1) is 8.04. The SMILES string of the molecule is COc1ccc([C@@H](CCC(=O)O)C(C)C)cc1. The van der Waals surface area contributed by atoms with Crippen molar-refractivity contribution < 1.29 is 14.6 Å². The third-order valence-electron chi connectivity index (χ3n) is 3.02. The summed E-state index contributed by atoms with van der Waals surface area (Å²) in [6.07, 6.45) is 0.897. The lowest BCUT2D eigenvalue weighted by Gasteiger charge is -2.20. The van der Waals surface area contributed by atoms with Crippen LogP contribution in [0.3, 0.4) is 0 Å². The summed E-state index contributed by atoms with van der Waals surface area (Å²) in [6, 6.07) is 7.88. The Bertz CT molecular complexity index is 354. The normalized spacial score (nSPS) is 12.5. The van der Waals surface area contributed by atoms with Gasteiger partial charge in [0.15, 0.2) is 0 Å². The summed E-state index contributed by atoms with van der Waals surface area (Å²) < 4.78 is 5.11. The summed E-state index contributed by atoms with van der Waals surface area (Å²) in [6.45, 7) is 4.24. The Kier molecular flexibility index (Phi) is 5.01. The highest BCUT2D eigenvalue weighted by Crippen LogP contribution is 2.30. The molecule has 17 heavy (non-hydrogen) atoms. The molecule has 0 amide bonds. The minimum atomic E-state index is -0.732. The van der Waals surface area contributed by atoms with Crippen molar-refractivity contribution in [3.8, 4) is 5.75 Å². The van der Waals surface area contributed by atoms with E-state index < -0.39 is 5.97 Å². The molecular formula is C14H20O3. The second-order valence-corrected chi connectivity index (χ2v) is 4.56. The van der Waals surface area contributed by atoms with Crippen LogP contribution in [-0.2, 0) is 4.79 Å². The third kappa shape index (κ3) is 4.10. The van der Waals surface area contributed by atoms with Crippen LogP contribution < -0.4 is 4.74 Å². The first-order valence-corrected chi connectivity index (χ1v) is 5.90. The smallest absolute Gasteiger partial charge is 0.303 e. The molecule has 0 spiro atoms. The molecule has 0 aliphatic heterocycles. The number of rotatable bonds is 6. The van der Waals surface area contributed by atoms with E-state index in [9.17, 15) is 4.79 Å². The molecule has 0 saturated carbocycles. The number of hydrogen-bond donors (Lipinski definition) is 1. The van der Waals surface area contributed by atoms with Gasteiger partial charge in [-0.1, -0.05) is 26.0 Å². The number of carboxylic acid groups (broad SMARTS) is 1. The molecule has 94 valence electrons. The number of ether oxygens (including phenoxy) is 1. The Morgan fingerprint density at radius 3 is 2.29 bits per heavy atom. The fourth-order valence-corrected chi connectivity index (χ4v) is 2.01. The van der Waals surface area contributed by atoms with E-state index >= 15 is 0 Å². The fourth-order valence-electron chi connectivity index (χ4n) is 2.01. The molecule has 0 fully saturated rings. The number of methoxy groups -OCH3 is 1. The average Bonchev–Trinajstić information content (AvgIpc) is 2.29. The number of benzene rings is 1. The maximum atomic E-state index is 10.6. The van der Waals surface area contributed by atoms with Crippen molar-refractivity contribution in [2.75, 3.05) is 7.11 Å². The highest BCUT2D eigenvalue weighted by molar-refractivity contribution is 5.66. The lowest BCUT2D eigenvalue weighted by Crippen LogP contribution is -2.09. The second-order valence-electron chi connectivity index (χ2n) is 4.56. The van der Waals surface area contributed by atoms with Crippen LogP contribution >= 0.6 is 0 Å². The van der Waals surface area contributed by atoms with Crippen LogP contribution in [0.1, 0.15) is 38.2 Å². The van der Waals surface area contributed by atoms with Crippen molar-refractivity contribution >= 4 is 5.97 Å². The van der Waals surface area contributed by atoms with Gasteiger partial charge in [-0.15, -0.1) is 0 Å². The number of carbonyl (C=O) groups is 1. The maximum Gasteiger partial charge on any atom is 0.303 e. The molecule has 0 saturated heterocycles. The largest absolute Gasteiger partial charge is 0.497 e. The first-order valence-electron chi connectivity index (χ1n) is 5.90. The van der Waals surface area contributed by atoms with Gasteiger partial charge in [0.2, 0.25) is 0 Å². The standard InChI is InChI=1S/C14H20O3/c1-10(2)13(8-9-14(15)16)11-4-6-12(17-3)7-5-11/h4-7,10,13H,8-9H2,1-3H3,(H,15,16)/t13-/m0/s1. The van der Waals surface area contributed by atoms with E-state index in [2.05, 4.69) is 13.8 Å². The average molecular weight is 236 g/mol. The van der Waals surface area contributed by atoms with E-state index in [0.717, 1.165) is 5.75 Å². The molecule has 1 N–H and O–H groups in total. The zero-order chi connectivity index (χ0) is 12.8. The molecule has 0 unspecified atom stereocenters. The van der Waals surface area contributed by atoms with Gasteiger partial charge in [0.05, 0.1) is 7.11 Å². The molecular weight excluding hydrogens is 216 g/mol. The molecule has 1 aromatic rings. The predicted molar refractivity (Wildman–Crippen MR) is 67.4 cm³/mol. The fraction of sp³-hybridized carbons (Fsp3) is 0.500. The minimum Gasteiger partial charge on any atom is -0.497 e. The van der Waals surface area contributed by atoms with Gasteiger partial charge in [-0.2, -0.15) is 0 Å². The number of carboxylic acids is 1. The topological polar surface area (TPSA) is 46.5 Å². The van der Waals surface area contributed by atoms with Crippen molar-refractivity contribution in [1.82, 2.24) is 0 Å². The quantitative estimate of drug-likeness (QED) is 0.824. The van der Waals surface area contributed by atoms with E-state index in [1.807, 2.05) is 24.3 Å². The Hall–Kier alpha value is -1.51. The molecule has 0 radical (unpaired) electrons. The van der Waals surface area contributed by atoms with E-state index in [1.54, 1.807) is 7.11 Å². The van der Waals surface area contributed by atoms with E-state index in [1.165, 1.54) is 5.56 Å². The van der Waals surface area contributed by atoms with E-state index in [0.29, 0.717) is 12.3 Å². The van der Waals surface area contributed by atoms with Crippen molar-refractivity contribution in [3.05, 3.63) is 29.8 Å². The van der Waals surface area contributed by atoms with Crippen molar-refractivity contribution in [2.45, 2.75) is 32.6 Å². The van der Waals surface area contributed by atoms with Crippen LogP contribution in [-0.4, -0.2) is 18.2 Å². The second kappa shape index (κ2) is 6.28. The zero-order valence-corrected chi connectivity index (χ0v) is 10.6. The van der Waals surface area contributed by atoms with Gasteiger partial charge in [-0.25, -0.2) is 0 Å². The summed E-state index contributed by atoms with van der Waals surface area (Å²) in [7, 11) is 1.64. The van der Waals surface area contributed by atoms with Gasteiger partial charge in [0.25, 0.3) is 0 Å².